The summed E-state index contributed by atoms with van der Waals surface area (Å²) < 4.78 is 11.2. The SMILES string of the molecule is N#Cc1ccc(OCCCNCCCOc2ccc(C#N)cc2)cc1. The van der Waals surface area contributed by atoms with Crippen LogP contribution in [0.5, 0.6) is 11.5 Å². The highest BCUT2D eigenvalue weighted by Crippen LogP contribution is 2.12. The van der Waals surface area contributed by atoms with Crippen molar-refractivity contribution in [3.63, 3.8) is 0 Å². The average Bonchev–Trinajstić information content (AvgIpc) is 2.67. The van der Waals surface area contributed by atoms with Gasteiger partial charge in [-0.1, -0.05) is 0 Å². The van der Waals surface area contributed by atoms with Crippen molar-refractivity contribution in [2.45, 2.75) is 12.8 Å². The molecule has 2 aromatic carbocycles. The van der Waals surface area contributed by atoms with Crippen molar-refractivity contribution in [2.24, 2.45) is 0 Å². The maximum absolute atomic E-state index is 8.73. The number of nitrogens with zero attached hydrogens (tertiary/aromatic N) is 2. The Morgan fingerprint density at radius 1 is 0.680 bits per heavy atom. The van der Waals surface area contributed by atoms with Gasteiger partial charge in [0.05, 0.1) is 36.5 Å². The van der Waals surface area contributed by atoms with Crippen LogP contribution in [0.4, 0.5) is 0 Å². The zero-order chi connectivity index (χ0) is 17.7. The monoisotopic (exact) mass is 335 g/mol. The first-order chi connectivity index (χ1) is 12.3. The van der Waals surface area contributed by atoms with E-state index < -0.39 is 0 Å². The van der Waals surface area contributed by atoms with E-state index in [9.17, 15) is 0 Å². The van der Waals surface area contributed by atoms with Gasteiger partial charge in [0, 0.05) is 0 Å². The van der Waals surface area contributed by atoms with Gasteiger partial charge in [0.15, 0.2) is 0 Å². The van der Waals surface area contributed by atoms with Gasteiger partial charge in [0.2, 0.25) is 0 Å². The van der Waals surface area contributed by atoms with Crippen LogP contribution in [0.2, 0.25) is 0 Å². The number of hydrogen-bond acceptors (Lipinski definition) is 5. The third kappa shape index (κ3) is 6.95. The first kappa shape index (κ1) is 18.3. The number of nitrogens with one attached hydrogen (secondary N) is 1. The van der Waals surface area contributed by atoms with E-state index in [0.717, 1.165) is 37.4 Å². The second kappa shape index (κ2) is 10.7. The van der Waals surface area contributed by atoms with Crippen molar-refractivity contribution < 1.29 is 9.47 Å². The second-order valence-electron chi connectivity index (χ2n) is 5.43. The van der Waals surface area contributed by atoms with Crippen molar-refractivity contribution in [1.82, 2.24) is 5.32 Å². The molecule has 2 rings (SSSR count). The largest absolute Gasteiger partial charge is 0.494 e. The quantitative estimate of drug-likeness (QED) is 0.674. The molecule has 25 heavy (non-hydrogen) atoms. The van der Waals surface area contributed by atoms with Gasteiger partial charge in [-0.2, -0.15) is 10.5 Å². The number of rotatable bonds is 10. The molecule has 0 aromatic heterocycles. The van der Waals surface area contributed by atoms with E-state index >= 15 is 0 Å². The number of nitriles is 2. The van der Waals surface area contributed by atoms with E-state index in [1.165, 1.54) is 0 Å². The van der Waals surface area contributed by atoms with Crippen LogP contribution in [0.15, 0.2) is 48.5 Å². The minimum atomic E-state index is 0.636. The van der Waals surface area contributed by atoms with E-state index in [2.05, 4.69) is 17.5 Å². The predicted molar refractivity (Wildman–Crippen MR) is 95.4 cm³/mol. The lowest BCUT2D eigenvalue weighted by Crippen LogP contribution is -2.20. The van der Waals surface area contributed by atoms with Crippen molar-refractivity contribution in [3.8, 4) is 23.6 Å². The predicted octanol–water partition coefficient (Wildman–Crippen LogP) is 3.26. The van der Waals surface area contributed by atoms with Gasteiger partial charge < -0.3 is 14.8 Å². The Hall–Kier alpha value is -3.02. The maximum Gasteiger partial charge on any atom is 0.119 e. The summed E-state index contributed by atoms with van der Waals surface area (Å²) in [4.78, 5) is 0. The topological polar surface area (TPSA) is 78.1 Å². The molecule has 0 saturated heterocycles. The van der Waals surface area contributed by atoms with Crippen LogP contribution >= 0.6 is 0 Å². The molecule has 5 nitrogen and oxygen atoms in total. The normalized spacial score (nSPS) is 9.84. The minimum absolute atomic E-state index is 0.636. The number of ether oxygens (including phenoxy) is 2. The fraction of sp³-hybridized carbons (Fsp3) is 0.300. The summed E-state index contributed by atoms with van der Waals surface area (Å²) in [6.45, 7) is 3.04. The van der Waals surface area contributed by atoms with Crippen LogP contribution in [0.1, 0.15) is 24.0 Å². The molecule has 0 aliphatic carbocycles. The average molecular weight is 335 g/mol. The summed E-state index contributed by atoms with van der Waals surface area (Å²) >= 11 is 0. The van der Waals surface area contributed by atoms with Gasteiger partial charge in [0.1, 0.15) is 11.5 Å². The Morgan fingerprint density at radius 3 is 1.44 bits per heavy atom. The molecule has 0 fully saturated rings. The lowest BCUT2D eigenvalue weighted by molar-refractivity contribution is 0.298. The van der Waals surface area contributed by atoms with Crippen LogP contribution in [0.3, 0.4) is 0 Å². The molecule has 0 amide bonds. The Labute approximate surface area is 148 Å². The lowest BCUT2D eigenvalue weighted by Gasteiger charge is -2.08. The molecule has 0 radical (unpaired) electrons. The first-order valence-corrected chi connectivity index (χ1v) is 8.28. The summed E-state index contributed by atoms with van der Waals surface area (Å²) in [5, 5.41) is 20.8. The van der Waals surface area contributed by atoms with Crippen molar-refractivity contribution in [2.75, 3.05) is 26.3 Å². The zero-order valence-electron chi connectivity index (χ0n) is 14.1. The molecular formula is C20H21N3O2. The molecule has 128 valence electrons. The summed E-state index contributed by atoms with van der Waals surface area (Å²) in [5.74, 6) is 1.57. The van der Waals surface area contributed by atoms with Gasteiger partial charge in [-0.05, 0) is 74.5 Å². The minimum Gasteiger partial charge on any atom is -0.494 e. The highest BCUT2D eigenvalue weighted by molar-refractivity contribution is 5.35. The fourth-order valence-electron chi connectivity index (χ4n) is 2.15. The maximum atomic E-state index is 8.73. The van der Waals surface area contributed by atoms with Crippen LogP contribution in [0, 0.1) is 22.7 Å². The Kier molecular flexibility index (Phi) is 7.84. The van der Waals surface area contributed by atoms with Crippen molar-refractivity contribution >= 4 is 0 Å². The van der Waals surface area contributed by atoms with E-state index in [1.807, 2.05) is 24.3 Å². The molecule has 0 heterocycles. The molecule has 5 heteroatoms. The van der Waals surface area contributed by atoms with Gasteiger partial charge in [0.25, 0.3) is 0 Å². The summed E-state index contributed by atoms with van der Waals surface area (Å²) in [7, 11) is 0. The van der Waals surface area contributed by atoms with E-state index in [0.29, 0.717) is 24.3 Å². The van der Waals surface area contributed by atoms with Crippen molar-refractivity contribution in [1.29, 1.82) is 10.5 Å². The molecule has 0 aliphatic heterocycles. The van der Waals surface area contributed by atoms with Crippen LogP contribution < -0.4 is 14.8 Å². The molecule has 0 aliphatic rings. The Balaban J connectivity index is 1.46. The van der Waals surface area contributed by atoms with E-state index in [4.69, 9.17) is 20.0 Å². The molecule has 1 N–H and O–H groups in total. The van der Waals surface area contributed by atoms with Crippen LogP contribution in [0.25, 0.3) is 0 Å². The molecule has 0 bridgehead atoms. The third-order valence-corrected chi connectivity index (χ3v) is 3.50. The molecule has 0 unspecified atom stereocenters. The van der Waals surface area contributed by atoms with Gasteiger partial charge in [-0.3, -0.25) is 0 Å². The van der Waals surface area contributed by atoms with Crippen LogP contribution in [-0.2, 0) is 0 Å². The van der Waals surface area contributed by atoms with Gasteiger partial charge in [-0.25, -0.2) is 0 Å². The standard InChI is InChI=1S/C20H21N3O2/c21-15-17-3-7-19(8-4-17)24-13-1-11-23-12-2-14-25-20-9-5-18(16-22)6-10-20/h3-10,23H,1-2,11-14H2. The van der Waals surface area contributed by atoms with Crippen molar-refractivity contribution in [3.05, 3.63) is 59.7 Å². The smallest absolute Gasteiger partial charge is 0.119 e. The Bertz CT molecular complexity index is 649. The summed E-state index contributed by atoms with van der Waals surface area (Å²) in [6, 6.07) is 18.4. The molecule has 0 spiro atoms. The summed E-state index contributed by atoms with van der Waals surface area (Å²) in [5.41, 5.74) is 1.27. The summed E-state index contributed by atoms with van der Waals surface area (Å²) in [6.07, 6.45) is 1.83. The highest BCUT2D eigenvalue weighted by Gasteiger charge is 1.96. The van der Waals surface area contributed by atoms with Crippen LogP contribution in [-0.4, -0.2) is 26.3 Å². The molecular weight excluding hydrogens is 314 g/mol. The molecule has 2 aromatic rings. The Morgan fingerprint density at radius 2 is 1.08 bits per heavy atom. The molecule has 0 saturated carbocycles. The first-order valence-electron chi connectivity index (χ1n) is 8.28. The zero-order valence-corrected chi connectivity index (χ0v) is 14.1. The lowest BCUT2D eigenvalue weighted by atomic mass is 10.2. The van der Waals surface area contributed by atoms with Gasteiger partial charge in [-0.15, -0.1) is 0 Å². The van der Waals surface area contributed by atoms with E-state index in [1.54, 1.807) is 24.3 Å². The fourth-order valence-corrected chi connectivity index (χ4v) is 2.15. The second-order valence-corrected chi connectivity index (χ2v) is 5.43. The van der Waals surface area contributed by atoms with E-state index in [-0.39, 0.29) is 0 Å². The highest BCUT2D eigenvalue weighted by atomic mass is 16.5. The third-order valence-electron chi connectivity index (χ3n) is 3.50. The number of benzene rings is 2. The molecule has 0 atom stereocenters. The van der Waals surface area contributed by atoms with Gasteiger partial charge >= 0.3 is 0 Å². The number of hydrogen-bond donors (Lipinski definition) is 1.